The Morgan fingerprint density at radius 3 is 2.09 bits per heavy atom. The molecule has 3 aromatic carbocycles. The van der Waals surface area contributed by atoms with Gasteiger partial charge in [-0.25, -0.2) is 4.39 Å². The van der Waals surface area contributed by atoms with Gasteiger partial charge in [-0.05, 0) is 80.3 Å². The summed E-state index contributed by atoms with van der Waals surface area (Å²) in [4.78, 5) is 12.7. The predicted molar refractivity (Wildman–Crippen MR) is 129 cm³/mol. The lowest BCUT2D eigenvalue weighted by Crippen LogP contribution is -2.25. The van der Waals surface area contributed by atoms with E-state index in [9.17, 15) is 13.6 Å². The minimum absolute atomic E-state index is 0.134. The molecule has 1 aliphatic carbocycles. The second-order valence-corrected chi connectivity index (χ2v) is 8.73. The second kappa shape index (κ2) is 10.6. The summed E-state index contributed by atoms with van der Waals surface area (Å²) in [6, 6.07) is 18.7. The Hall–Kier alpha value is -3.47. The van der Waals surface area contributed by atoms with Gasteiger partial charge in [0.2, 0.25) is 5.82 Å². The molecule has 0 N–H and O–H groups in total. The van der Waals surface area contributed by atoms with E-state index in [1.807, 2.05) is 19.1 Å². The zero-order valence-corrected chi connectivity index (χ0v) is 19.4. The first-order chi connectivity index (χ1) is 16.5. The van der Waals surface area contributed by atoms with Crippen LogP contribution in [0.5, 0.6) is 11.5 Å². The molecular weight excluding hydrogens is 434 g/mol. The quantitative estimate of drug-likeness (QED) is 0.214. The lowest BCUT2D eigenvalue weighted by atomic mass is 9.78. The van der Waals surface area contributed by atoms with Crippen LogP contribution in [0.3, 0.4) is 0 Å². The Balaban J connectivity index is 1.34. The average molecular weight is 463 g/mol. The first-order valence-electron chi connectivity index (χ1n) is 11.6. The number of aryl methyl sites for hydroxylation is 1. The third kappa shape index (κ3) is 5.36. The lowest BCUT2D eigenvalue weighted by molar-refractivity contribution is -0.140. The molecule has 0 saturated heterocycles. The summed E-state index contributed by atoms with van der Waals surface area (Å²) in [5, 5.41) is 0. The van der Waals surface area contributed by atoms with E-state index < -0.39 is 11.6 Å². The van der Waals surface area contributed by atoms with Crippen molar-refractivity contribution in [3.8, 4) is 22.6 Å². The number of allylic oxidation sites excluding steroid dienone is 1. The molecule has 34 heavy (non-hydrogen) atoms. The van der Waals surface area contributed by atoms with E-state index >= 15 is 0 Å². The molecule has 0 aliphatic heterocycles. The third-order valence-electron chi connectivity index (χ3n) is 6.37. The molecule has 3 aromatic rings. The summed E-state index contributed by atoms with van der Waals surface area (Å²) in [6.45, 7) is 3.78. The van der Waals surface area contributed by atoms with E-state index in [0.29, 0.717) is 37.0 Å². The van der Waals surface area contributed by atoms with Crippen molar-refractivity contribution in [2.24, 2.45) is 5.92 Å². The molecule has 3 nitrogen and oxygen atoms in total. The van der Waals surface area contributed by atoms with E-state index in [4.69, 9.17) is 9.47 Å². The van der Waals surface area contributed by atoms with Gasteiger partial charge in [0.15, 0.2) is 11.6 Å². The van der Waals surface area contributed by atoms with Crippen molar-refractivity contribution in [1.29, 1.82) is 0 Å². The Labute approximate surface area is 199 Å². The second-order valence-electron chi connectivity index (χ2n) is 8.73. The summed E-state index contributed by atoms with van der Waals surface area (Å²) in [6.07, 6.45) is 5.25. The number of carbonyl (C=O) groups is 1. The van der Waals surface area contributed by atoms with Gasteiger partial charge < -0.3 is 9.47 Å². The monoisotopic (exact) mass is 462 g/mol. The maximum absolute atomic E-state index is 14.6. The van der Waals surface area contributed by atoms with Crippen molar-refractivity contribution >= 4 is 5.97 Å². The number of benzene rings is 3. The minimum Gasteiger partial charge on any atom is -0.462 e. The van der Waals surface area contributed by atoms with Crippen LogP contribution in [0.2, 0.25) is 0 Å². The summed E-state index contributed by atoms with van der Waals surface area (Å²) < 4.78 is 39.7. The van der Waals surface area contributed by atoms with Gasteiger partial charge in [0.25, 0.3) is 0 Å². The Bertz CT molecular complexity index is 1160. The maximum atomic E-state index is 14.6. The highest BCUT2D eigenvalue weighted by molar-refractivity contribution is 5.75. The molecule has 0 heterocycles. The first kappa shape index (κ1) is 23.7. The van der Waals surface area contributed by atoms with Crippen LogP contribution in [0.15, 0.2) is 73.0 Å². The minimum atomic E-state index is -0.980. The van der Waals surface area contributed by atoms with Crippen LogP contribution in [-0.4, -0.2) is 5.97 Å². The standard InChI is InChI=1S/C29H28F2O3/c1-3-18-33-26-17-16-25(27(30)28(26)31)22-8-10-23(11-9-22)29(32)34-24-14-12-21(13-15-24)20-6-4-19(2)5-7-20/h3-7,12-18,22-23H,8-11H2,1-2H3/b18-3+. The van der Waals surface area contributed by atoms with Gasteiger partial charge >= 0.3 is 5.97 Å². The number of carbonyl (C=O) groups excluding carboxylic acids is 1. The molecule has 5 heteroatoms. The van der Waals surface area contributed by atoms with Crippen molar-refractivity contribution < 1.29 is 23.0 Å². The average Bonchev–Trinajstić information content (AvgIpc) is 2.86. The molecule has 0 atom stereocenters. The highest BCUT2D eigenvalue weighted by atomic mass is 19.2. The summed E-state index contributed by atoms with van der Waals surface area (Å²) in [5.41, 5.74) is 3.69. The van der Waals surface area contributed by atoms with Crippen LogP contribution in [0.1, 0.15) is 49.7 Å². The lowest BCUT2D eigenvalue weighted by Gasteiger charge is -2.28. The highest BCUT2D eigenvalue weighted by Crippen LogP contribution is 2.39. The van der Waals surface area contributed by atoms with E-state index in [1.54, 1.807) is 31.2 Å². The SMILES string of the molecule is C/C=C/Oc1ccc(C2CCC(C(=O)Oc3ccc(-c4ccc(C)cc4)cc3)CC2)c(F)c1F. The number of hydrogen-bond acceptors (Lipinski definition) is 3. The van der Waals surface area contributed by atoms with Gasteiger partial charge in [-0.2, -0.15) is 4.39 Å². The number of esters is 1. The maximum Gasteiger partial charge on any atom is 0.314 e. The van der Waals surface area contributed by atoms with Gasteiger partial charge in [0, 0.05) is 0 Å². The number of rotatable bonds is 6. The fourth-order valence-electron chi connectivity index (χ4n) is 4.40. The van der Waals surface area contributed by atoms with Gasteiger partial charge in [-0.1, -0.05) is 54.1 Å². The summed E-state index contributed by atoms with van der Waals surface area (Å²) in [7, 11) is 0. The Kier molecular flexibility index (Phi) is 7.41. The highest BCUT2D eigenvalue weighted by Gasteiger charge is 2.31. The molecule has 1 saturated carbocycles. The normalized spacial score (nSPS) is 18.1. The van der Waals surface area contributed by atoms with Gasteiger partial charge in [-0.3, -0.25) is 4.79 Å². The topological polar surface area (TPSA) is 35.5 Å². The molecule has 176 valence electrons. The molecule has 0 spiro atoms. The van der Waals surface area contributed by atoms with Crippen molar-refractivity contribution in [1.82, 2.24) is 0 Å². The molecule has 0 aromatic heterocycles. The van der Waals surface area contributed by atoms with Crippen LogP contribution < -0.4 is 9.47 Å². The first-order valence-corrected chi connectivity index (χ1v) is 11.6. The van der Waals surface area contributed by atoms with Gasteiger partial charge in [0.1, 0.15) is 5.75 Å². The van der Waals surface area contributed by atoms with Crippen LogP contribution in [0.25, 0.3) is 11.1 Å². The van der Waals surface area contributed by atoms with Crippen molar-refractivity contribution in [3.63, 3.8) is 0 Å². The zero-order valence-electron chi connectivity index (χ0n) is 19.4. The fraction of sp³-hybridized carbons (Fsp3) is 0.276. The molecule has 0 bridgehead atoms. The van der Waals surface area contributed by atoms with E-state index in [-0.39, 0.29) is 23.6 Å². The Morgan fingerprint density at radius 2 is 1.47 bits per heavy atom. The molecule has 0 amide bonds. The largest absolute Gasteiger partial charge is 0.462 e. The number of hydrogen-bond donors (Lipinski definition) is 0. The van der Waals surface area contributed by atoms with Crippen LogP contribution in [0.4, 0.5) is 8.78 Å². The predicted octanol–water partition coefficient (Wildman–Crippen LogP) is 7.73. The number of ether oxygens (including phenoxy) is 2. The van der Waals surface area contributed by atoms with Crippen LogP contribution in [-0.2, 0) is 4.79 Å². The van der Waals surface area contributed by atoms with Gasteiger partial charge in [-0.15, -0.1) is 0 Å². The zero-order chi connectivity index (χ0) is 24.1. The van der Waals surface area contributed by atoms with Crippen LogP contribution in [0, 0.1) is 24.5 Å². The van der Waals surface area contributed by atoms with E-state index in [1.165, 1.54) is 17.9 Å². The third-order valence-corrected chi connectivity index (χ3v) is 6.37. The van der Waals surface area contributed by atoms with E-state index in [2.05, 4.69) is 24.3 Å². The smallest absolute Gasteiger partial charge is 0.314 e. The molecule has 4 rings (SSSR count). The van der Waals surface area contributed by atoms with Crippen LogP contribution >= 0.6 is 0 Å². The number of halogens is 2. The van der Waals surface area contributed by atoms with Crippen molar-refractivity contribution in [3.05, 3.63) is 95.8 Å². The summed E-state index contributed by atoms with van der Waals surface area (Å²) >= 11 is 0. The molecule has 0 unspecified atom stereocenters. The van der Waals surface area contributed by atoms with Gasteiger partial charge in [0.05, 0.1) is 12.2 Å². The molecule has 0 radical (unpaired) electrons. The van der Waals surface area contributed by atoms with E-state index in [0.717, 1.165) is 11.1 Å². The Morgan fingerprint density at radius 1 is 0.853 bits per heavy atom. The van der Waals surface area contributed by atoms with Crippen molar-refractivity contribution in [2.45, 2.75) is 45.4 Å². The molecule has 1 aliphatic rings. The summed E-state index contributed by atoms with van der Waals surface area (Å²) in [5.74, 6) is -2.14. The fourth-order valence-corrected chi connectivity index (χ4v) is 4.40. The van der Waals surface area contributed by atoms with Crippen molar-refractivity contribution in [2.75, 3.05) is 0 Å². The molecular formula is C29H28F2O3. The molecule has 1 fully saturated rings.